The van der Waals surface area contributed by atoms with E-state index in [4.69, 9.17) is 0 Å². The molecular weight excluding hydrogens is 315 g/mol. The van der Waals surface area contributed by atoms with Crippen molar-refractivity contribution in [2.75, 3.05) is 18.0 Å². The van der Waals surface area contributed by atoms with Crippen molar-refractivity contribution in [3.05, 3.63) is 65.5 Å². The SMILES string of the molecule is C[C@@H]1Cc2ccccc2N1CCNC(=O)[C@@H]1C[C@@H]1c1ccc(F)cc1. The van der Waals surface area contributed by atoms with Crippen molar-refractivity contribution in [1.82, 2.24) is 5.32 Å². The number of carbonyl (C=O) groups excluding carboxylic acids is 1. The van der Waals surface area contributed by atoms with E-state index in [9.17, 15) is 9.18 Å². The van der Waals surface area contributed by atoms with E-state index in [1.165, 1.54) is 23.4 Å². The van der Waals surface area contributed by atoms with Gasteiger partial charge in [-0.2, -0.15) is 0 Å². The maximum atomic E-state index is 13.0. The number of para-hydroxylation sites is 1. The molecule has 2 aromatic rings. The maximum Gasteiger partial charge on any atom is 0.223 e. The van der Waals surface area contributed by atoms with E-state index < -0.39 is 0 Å². The molecule has 3 nitrogen and oxygen atoms in total. The van der Waals surface area contributed by atoms with Gasteiger partial charge < -0.3 is 10.2 Å². The molecule has 1 N–H and O–H groups in total. The minimum atomic E-state index is -0.231. The molecule has 1 heterocycles. The van der Waals surface area contributed by atoms with E-state index in [2.05, 4.69) is 41.4 Å². The molecule has 1 aliphatic carbocycles. The highest BCUT2D eigenvalue weighted by molar-refractivity contribution is 5.82. The normalized spacial score (nSPS) is 24.1. The standard InChI is InChI=1S/C21H23FN2O/c1-14-12-16-4-2-3-5-20(16)24(14)11-10-23-21(25)19-13-18(19)15-6-8-17(22)9-7-15/h2-9,14,18-19H,10-13H2,1H3,(H,23,25)/t14-,18-,19-/m1/s1. The summed E-state index contributed by atoms with van der Waals surface area (Å²) in [6.07, 6.45) is 1.93. The third-order valence-electron chi connectivity index (χ3n) is 5.43. The Kier molecular flexibility index (Phi) is 4.20. The van der Waals surface area contributed by atoms with Crippen molar-refractivity contribution in [2.24, 2.45) is 5.92 Å². The fraction of sp³-hybridized carbons (Fsp3) is 0.381. The average molecular weight is 338 g/mol. The lowest BCUT2D eigenvalue weighted by Crippen LogP contribution is -2.38. The molecule has 3 atom stereocenters. The van der Waals surface area contributed by atoms with Crippen molar-refractivity contribution >= 4 is 11.6 Å². The van der Waals surface area contributed by atoms with Crippen LogP contribution in [0.15, 0.2) is 48.5 Å². The molecule has 0 aromatic heterocycles. The molecule has 0 radical (unpaired) electrons. The van der Waals surface area contributed by atoms with E-state index in [0.29, 0.717) is 12.6 Å². The highest BCUT2D eigenvalue weighted by Crippen LogP contribution is 2.47. The number of hydrogen-bond acceptors (Lipinski definition) is 2. The summed E-state index contributed by atoms with van der Waals surface area (Å²) in [6.45, 7) is 3.72. The van der Waals surface area contributed by atoms with Crippen LogP contribution in [0.25, 0.3) is 0 Å². The van der Waals surface area contributed by atoms with Gasteiger partial charge in [0.2, 0.25) is 5.91 Å². The number of fused-ring (bicyclic) bond motifs is 1. The predicted octanol–water partition coefficient (Wildman–Crippen LogP) is 3.50. The Hall–Kier alpha value is -2.36. The lowest BCUT2D eigenvalue weighted by Gasteiger charge is -2.25. The van der Waals surface area contributed by atoms with Crippen LogP contribution >= 0.6 is 0 Å². The van der Waals surface area contributed by atoms with Crippen LogP contribution in [0.2, 0.25) is 0 Å². The van der Waals surface area contributed by atoms with Crippen molar-refractivity contribution in [3.8, 4) is 0 Å². The Morgan fingerprint density at radius 2 is 1.96 bits per heavy atom. The van der Waals surface area contributed by atoms with E-state index in [1.807, 2.05) is 0 Å². The van der Waals surface area contributed by atoms with Gasteiger partial charge in [-0.05, 0) is 55.0 Å². The average Bonchev–Trinajstić information content (AvgIpc) is 3.34. The third kappa shape index (κ3) is 3.26. The minimum absolute atomic E-state index is 0.0359. The Morgan fingerprint density at radius 3 is 2.76 bits per heavy atom. The summed E-state index contributed by atoms with van der Waals surface area (Å²) >= 11 is 0. The fourth-order valence-corrected chi connectivity index (χ4v) is 3.96. The zero-order chi connectivity index (χ0) is 17.4. The van der Waals surface area contributed by atoms with E-state index in [0.717, 1.165) is 24.9 Å². The van der Waals surface area contributed by atoms with Gasteiger partial charge in [-0.15, -0.1) is 0 Å². The number of rotatable bonds is 5. The zero-order valence-electron chi connectivity index (χ0n) is 14.4. The molecular formula is C21H23FN2O. The maximum absolute atomic E-state index is 13.0. The fourth-order valence-electron chi connectivity index (χ4n) is 3.96. The van der Waals surface area contributed by atoms with Gasteiger partial charge in [0.15, 0.2) is 0 Å². The van der Waals surface area contributed by atoms with Crippen LogP contribution < -0.4 is 10.2 Å². The Morgan fingerprint density at radius 1 is 1.20 bits per heavy atom. The second kappa shape index (κ2) is 6.51. The van der Waals surface area contributed by atoms with Gasteiger partial charge in [0.25, 0.3) is 0 Å². The first-order valence-corrected chi connectivity index (χ1v) is 9.01. The van der Waals surface area contributed by atoms with Crippen LogP contribution in [-0.2, 0) is 11.2 Å². The smallest absolute Gasteiger partial charge is 0.223 e. The number of amides is 1. The first kappa shape index (κ1) is 16.1. The van der Waals surface area contributed by atoms with Crippen LogP contribution in [0.3, 0.4) is 0 Å². The van der Waals surface area contributed by atoms with Crippen molar-refractivity contribution in [2.45, 2.75) is 31.7 Å². The molecule has 0 unspecified atom stereocenters. The third-order valence-corrected chi connectivity index (χ3v) is 5.43. The number of halogens is 1. The Bertz CT molecular complexity index is 774. The lowest BCUT2D eigenvalue weighted by atomic mass is 10.1. The van der Waals surface area contributed by atoms with Gasteiger partial charge in [-0.1, -0.05) is 30.3 Å². The highest BCUT2D eigenvalue weighted by Gasteiger charge is 2.43. The summed E-state index contributed by atoms with van der Waals surface area (Å²) in [6, 6.07) is 15.5. The molecule has 2 aliphatic rings. The quantitative estimate of drug-likeness (QED) is 0.905. The van der Waals surface area contributed by atoms with Gasteiger partial charge in [0.05, 0.1) is 0 Å². The molecule has 1 fully saturated rings. The summed E-state index contributed by atoms with van der Waals surface area (Å²) in [5.41, 5.74) is 3.74. The predicted molar refractivity (Wildman–Crippen MR) is 97.2 cm³/mol. The van der Waals surface area contributed by atoms with Gasteiger partial charge in [-0.25, -0.2) is 4.39 Å². The topological polar surface area (TPSA) is 32.3 Å². The minimum Gasteiger partial charge on any atom is -0.367 e. The van der Waals surface area contributed by atoms with Crippen molar-refractivity contribution in [3.63, 3.8) is 0 Å². The molecule has 1 saturated carbocycles. The number of benzene rings is 2. The van der Waals surface area contributed by atoms with Crippen LogP contribution in [0, 0.1) is 11.7 Å². The number of anilines is 1. The summed E-state index contributed by atoms with van der Waals surface area (Å²) < 4.78 is 13.0. The Labute approximate surface area is 147 Å². The number of nitrogens with one attached hydrogen (secondary N) is 1. The van der Waals surface area contributed by atoms with Gasteiger partial charge in [0, 0.05) is 30.7 Å². The molecule has 0 bridgehead atoms. The number of carbonyl (C=O) groups is 1. The van der Waals surface area contributed by atoms with E-state index in [1.54, 1.807) is 12.1 Å². The van der Waals surface area contributed by atoms with Crippen LogP contribution in [0.4, 0.5) is 10.1 Å². The molecule has 2 aromatic carbocycles. The second-order valence-electron chi connectivity index (χ2n) is 7.17. The molecule has 25 heavy (non-hydrogen) atoms. The monoisotopic (exact) mass is 338 g/mol. The van der Waals surface area contributed by atoms with Crippen molar-refractivity contribution < 1.29 is 9.18 Å². The van der Waals surface area contributed by atoms with Crippen molar-refractivity contribution in [1.29, 1.82) is 0 Å². The zero-order valence-corrected chi connectivity index (χ0v) is 14.4. The largest absolute Gasteiger partial charge is 0.367 e. The van der Waals surface area contributed by atoms with E-state index >= 15 is 0 Å². The first-order valence-electron chi connectivity index (χ1n) is 9.01. The summed E-state index contributed by atoms with van der Waals surface area (Å²) in [4.78, 5) is 14.7. The molecule has 1 amide bonds. The van der Waals surface area contributed by atoms with Crippen LogP contribution in [0.5, 0.6) is 0 Å². The van der Waals surface area contributed by atoms with Gasteiger partial charge >= 0.3 is 0 Å². The molecule has 1 aliphatic heterocycles. The first-order chi connectivity index (χ1) is 12.1. The summed E-state index contributed by atoms with van der Waals surface area (Å²) in [5.74, 6) is 0.167. The summed E-state index contributed by atoms with van der Waals surface area (Å²) in [5, 5.41) is 3.08. The van der Waals surface area contributed by atoms with Crippen LogP contribution in [-0.4, -0.2) is 25.0 Å². The molecule has 130 valence electrons. The van der Waals surface area contributed by atoms with Crippen LogP contribution in [0.1, 0.15) is 30.4 Å². The molecule has 4 heteroatoms. The van der Waals surface area contributed by atoms with E-state index in [-0.39, 0.29) is 23.6 Å². The Balaban J connectivity index is 1.28. The lowest BCUT2D eigenvalue weighted by molar-refractivity contribution is -0.122. The number of nitrogens with zero attached hydrogens (tertiary/aromatic N) is 1. The number of hydrogen-bond donors (Lipinski definition) is 1. The second-order valence-corrected chi connectivity index (χ2v) is 7.17. The molecule has 0 saturated heterocycles. The highest BCUT2D eigenvalue weighted by atomic mass is 19.1. The molecule has 0 spiro atoms. The van der Waals surface area contributed by atoms with Gasteiger partial charge in [-0.3, -0.25) is 4.79 Å². The molecule has 4 rings (SSSR count). The van der Waals surface area contributed by atoms with Gasteiger partial charge in [0.1, 0.15) is 5.82 Å². The summed E-state index contributed by atoms with van der Waals surface area (Å²) in [7, 11) is 0.